The van der Waals surface area contributed by atoms with Gasteiger partial charge >= 0.3 is 0 Å². The zero-order valence-corrected chi connectivity index (χ0v) is 8.85. The van der Waals surface area contributed by atoms with E-state index in [0.717, 1.165) is 24.4 Å². The van der Waals surface area contributed by atoms with E-state index in [4.69, 9.17) is 5.73 Å². The molecule has 0 aliphatic rings. The molecule has 0 aliphatic heterocycles. The smallest absolute Gasteiger partial charge is 0.0206 e. The van der Waals surface area contributed by atoms with Crippen LogP contribution in [0, 0.1) is 0 Å². The van der Waals surface area contributed by atoms with Crippen LogP contribution in [0.4, 0.5) is 0 Å². The number of allylic oxidation sites excluding steroid dienone is 3. The van der Waals surface area contributed by atoms with Crippen molar-refractivity contribution in [3.05, 3.63) is 35.6 Å². The number of nitrogens with one attached hydrogen (secondary N) is 1. The van der Waals surface area contributed by atoms with Gasteiger partial charge in [-0.25, -0.2) is 0 Å². The predicted octanol–water partition coefficient (Wildman–Crippen LogP) is 1.96. The molecule has 0 fully saturated rings. The Hall–Kier alpha value is -1.02. The summed E-state index contributed by atoms with van der Waals surface area (Å²) < 4.78 is 0. The van der Waals surface area contributed by atoms with E-state index in [9.17, 15) is 0 Å². The highest BCUT2D eigenvalue weighted by Crippen LogP contribution is 2.02. The number of hydrogen-bond donors (Lipinski definition) is 2. The summed E-state index contributed by atoms with van der Waals surface area (Å²) in [5, 5.41) is 3.25. The minimum Gasteiger partial charge on any atom is -0.402 e. The first-order valence-corrected chi connectivity index (χ1v) is 4.56. The molecule has 3 N–H and O–H groups in total. The lowest BCUT2D eigenvalue weighted by atomic mass is 10.1. The zero-order chi connectivity index (χ0) is 10.3. The van der Waals surface area contributed by atoms with E-state index in [-0.39, 0.29) is 0 Å². The molecule has 0 saturated carbocycles. The van der Waals surface area contributed by atoms with Gasteiger partial charge in [0.2, 0.25) is 0 Å². The molecule has 0 aliphatic carbocycles. The van der Waals surface area contributed by atoms with Crippen molar-refractivity contribution in [1.29, 1.82) is 0 Å². The molecular formula is C11H20N2. The molecule has 2 nitrogen and oxygen atoms in total. The summed E-state index contributed by atoms with van der Waals surface area (Å²) in [5.74, 6) is 0. The molecule has 0 saturated heterocycles. The van der Waals surface area contributed by atoms with Crippen LogP contribution in [-0.4, -0.2) is 13.1 Å². The fourth-order valence-electron chi connectivity index (χ4n) is 1.02. The lowest BCUT2D eigenvalue weighted by molar-refractivity contribution is 0.783. The molecule has 0 aromatic heterocycles. The Morgan fingerprint density at radius 3 is 2.38 bits per heavy atom. The van der Waals surface area contributed by atoms with Gasteiger partial charge in [-0.3, -0.25) is 0 Å². The second-order valence-electron chi connectivity index (χ2n) is 3.23. The second-order valence-corrected chi connectivity index (χ2v) is 3.23. The zero-order valence-electron chi connectivity index (χ0n) is 8.85. The molecule has 13 heavy (non-hydrogen) atoms. The van der Waals surface area contributed by atoms with E-state index in [2.05, 4.69) is 18.8 Å². The van der Waals surface area contributed by atoms with Crippen molar-refractivity contribution in [2.75, 3.05) is 13.1 Å². The Bertz CT molecular complexity index is 220. The second kappa shape index (κ2) is 6.49. The topological polar surface area (TPSA) is 38.0 Å². The molecule has 2 heteroatoms. The first-order valence-electron chi connectivity index (χ1n) is 4.56. The highest BCUT2D eigenvalue weighted by Gasteiger charge is 1.92. The maximum atomic E-state index is 5.60. The minimum absolute atomic E-state index is 0.824. The molecular weight excluding hydrogens is 160 g/mol. The Labute approximate surface area is 81.2 Å². The standard InChI is InChI=1S/C11H20N2/c1-5-13-8-11(6-9(2)3)7-10(4)12/h6-7,13H,2,5,8,12H2,1,3-4H3/b10-7-,11-6+. The van der Waals surface area contributed by atoms with Crippen LogP contribution in [0.25, 0.3) is 0 Å². The van der Waals surface area contributed by atoms with Crippen molar-refractivity contribution in [3.63, 3.8) is 0 Å². The van der Waals surface area contributed by atoms with Gasteiger partial charge < -0.3 is 11.1 Å². The average Bonchev–Trinajstić information content (AvgIpc) is 1.98. The van der Waals surface area contributed by atoms with Crippen molar-refractivity contribution >= 4 is 0 Å². The molecule has 0 aromatic rings. The molecule has 0 atom stereocenters. The van der Waals surface area contributed by atoms with Crippen LogP contribution >= 0.6 is 0 Å². The molecule has 0 bridgehead atoms. The van der Waals surface area contributed by atoms with Gasteiger partial charge in [-0.05, 0) is 32.0 Å². The van der Waals surface area contributed by atoms with E-state index in [1.54, 1.807) is 0 Å². The van der Waals surface area contributed by atoms with Crippen LogP contribution in [-0.2, 0) is 0 Å². The van der Waals surface area contributed by atoms with Gasteiger partial charge in [-0.2, -0.15) is 0 Å². The van der Waals surface area contributed by atoms with Gasteiger partial charge in [0.25, 0.3) is 0 Å². The Kier molecular flexibility index (Phi) is 5.98. The molecule has 0 aromatic carbocycles. The maximum Gasteiger partial charge on any atom is 0.0206 e. The highest BCUT2D eigenvalue weighted by atomic mass is 14.8. The normalized spacial score (nSPS) is 13.2. The molecule has 0 amide bonds. The summed E-state index contributed by atoms with van der Waals surface area (Å²) in [6.07, 6.45) is 4.01. The summed E-state index contributed by atoms with van der Waals surface area (Å²) in [6.45, 7) is 11.6. The summed E-state index contributed by atoms with van der Waals surface area (Å²) in [5.41, 5.74) is 8.65. The fraction of sp³-hybridized carbons (Fsp3) is 0.455. The molecule has 74 valence electrons. The van der Waals surface area contributed by atoms with E-state index in [1.165, 1.54) is 5.57 Å². The molecule has 0 radical (unpaired) electrons. The monoisotopic (exact) mass is 180 g/mol. The van der Waals surface area contributed by atoms with Crippen LogP contribution in [0.5, 0.6) is 0 Å². The van der Waals surface area contributed by atoms with Gasteiger partial charge in [0.05, 0.1) is 0 Å². The molecule has 0 rings (SSSR count). The first-order chi connectivity index (χ1) is 6.06. The first kappa shape index (κ1) is 12.0. The lowest BCUT2D eigenvalue weighted by Crippen LogP contribution is -2.16. The average molecular weight is 180 g/mol. The fourth-order valence-corrected chi connectivity index (χ4v) is 1.02. The predicted molar refractivity (Wildman–Crippen MR) is 59.4 cm³/mol. The number of likely N-dealkylation sites (N-methyl/N-ethyl adjacent to an activating group) is 1. The summed E-state index contributed by atoms with van der Waals surface area (Å²) >= 11 is 0. The maximum absolute atomic E-state index is 5.60. The number of hydrogen-bond acceptors (Lipinski definition) is 2. The largest absolute Gasteiger partial charge is 0.402 e. The summed E-state index contributed by atoms with van der Waals surface area (Å²) in [7, 11) is 0. The van der Waals surface area contributed by atoms with Crippen molar-refractivity contribution < 1.29 is 0 Å². The van der Waals surface area contributed by atoms with Crippen LogP contribution in [0.2, 0.25) is 0 Å². The van der Waals surface area contributed by atoms with Gasteiger partial charge in [0.1, 0.15) is 0 Å². The van der Waals surface area contributed by atoms with E-state index in [0.29, 0.717) is 0 Å². The van der Waals surface area contributed by atoms with Crippen LogP contribution < -0.4 is 11.1 Å². The molecule has 0 heterocycles. The van der Waals surface area contributed by atoms with Crippen molar-refractivity contribution in [1.82, 2.24) is 5.32 Å². The van der Waals surface area contributed by atoms with Crippen molar-refractivity contribution in [2.24, 2.45) is 5.73 Å². The van der Waals surface area contributed by atoms with Crippen LogP contribution in [0.1, 0.15) is 20.8 Å². The van der Waals surface area contributed by atoms with Crippen LogP contribution in [0.3, 0.4) is 0 Å². The third-order valence-electron chi connectivity index (χ3n) is 1.42. The number of nitrogens with two attached hydrogens (primary N) is 1. The highest BCUT2D eigenvalue weighted by molar-refractivity contribution is 5.30. The van der Waals surface area contributed by atoms with Gasteiger partial charge in [0.15, 0.2) is 0 Å². The van der Waals surface area contributed by atoms with E-state index in [1.807, 2.05) is 26.0 Å². The molecule has 0 spiro atoms. The van der Waals surface area contributed by atoms with Gasteiger partial charge in [0, 0.05) is 12.2 Å². The summed E-state index contributed by atoms with van der Waals surface area (Å²) in [4.78, 5) is 0. The lowest BCUT2D eigenvalue weighted by Gasteiger charge is -2.04. The third kappa shape index (κ3) is 7.34. The molecule has 0 unspecified atom stereocenters. The van der Waals surface area contributed by atoms with Gasteiger partial charge in [-0.15, -0.1) is 0 Å². The van der Waals surface area contributed by atoms with Gasteiger partial charge in [-0.1, -0.05) is 25.2 Å². The Morgan fingerprint density at radius 2 is 2.00 bits per heavy atom. The van der Waals surface area contributed by atoms with Crippen LogP contribution in [0.15, 0.2) is 35.6 Å². The Balaban J connectivity index is 4.37. The van der Waals surface area contributed by atoms with Crippen molar-refractivity contribution in [3.8, 4) is 0 Å². The SMILES string of the molecule is C=C(C)/C=C(\C=C(\C)N)CNCC. The van der Waals surface area contributed by atoms with E-state index >= 15 is 0 Å². The Morgan fingerprint density at radius 1 is 1.38 bits per heavy atom. The minimum atomic E-state index is 0.824. The van der Waals surface area contributed by atoms with E-state index < -0.39 is 0 Å². The third-order valence-corrected chi connectivity index (χ3v) is 1.42. The van der Waals surface area contributed by atoms with Crippen molar-refractivity contribution in [2.45, 2.75) is 20.8 Å². The quantitative estimate of drug-likeness (QED) is 0.635. The number of rotatable bonds is 5. The summed E-state index contributed by atoms with van der Waals surface area (Å²) in [6, 6.07) is 0.